The third-order valence-corrected chi connectivity index (χ3v) is 3.36. The fourth-order valence-corrected chi connectivity index (χ4v) is 2.42. The van der Waals surface area contributed by atoms with Gasteiger partial charge in [-0.2, -0.15) is 5.10 Å². The maximum Gasteiger partial charge on any atom is 0.0541 e. The third-order valence-electron chi connectivity index (χ3n) is 3.36. The molecule has 1 aliphatic rings. The highest BCUT2D eigenvalue weighted by molar-refractivity contribution is 5.81. The van der Waals surface area contributed by atoms with Crippen molar-refractivity contribution in [3.63, 3.8) is 0 Å². The summed E-state index contributed by atoms with van der Waals surface area (Å²) in [5.74, 6) is 5.24. The second-order valence-corrected chi connectivity index (χ2v) is 4.67. The summed E-state index contributed by atoms with van der Waals surface area (Å²) in [6.45, 7) is 3.45. The second kappa shape index (κ2) is 6.40. The Bertz CT molecular complexity index is 365. The third kappa shape index (κ3) is 3.56. The van der Waals surface area contributed by atoms with Crippen molar-refractivity contribution in [2.24, 2.45) is 10.9 Å². The number of nitrogens with two attached hydrogens (primary N) is 1. The van der Waals surface area contributed by atoms with Crippen LogP contribution in [0, 0.1) is 0 Å². The summed E-state index contributed by atoms with van der Waals surface area (Å²) in [7, 11) is 0. The minimum Gasteiger partial charge on any atom is -0.323 e. The summed E-state index contributed by atoms with van der Waals surface area (Å²) in [6.07, 6.45) is 7.15. The molecular formula is C14H21N3. The highest BCUT2D eigenvalue weighted by atomic mass is 15.1. The molecule has 3 nitrogen and oxygen atoms in total. The molecular weight excluding hydrogens is 210 g/mol. The minimum absolute atomic E-state index is 1.02. The Balaban J connectivity index is 2.06. The zero-order valence-corrected chi connectivity index (χ0v) is 10.3. The van der Waals surface area contributed by atoms with E-state index in [2.05, 4.69) is 28.2 Å². The highest BCUT2D eigenvalue weighted by Gasteiger charge is 2.10. The van der Waals surface area contributed by atoms with Gasteiger partial charge in [0.05, 0.1) is 6.21 Å². The number of nitrogens with zero attached hydrogens (tertiary/aromatic N) is 2. The van der Waals surface area contributed by atoms with Gasteiger partial charge in [0.15, 0.2) is 0 Å². The minimum atomic E-state index is 1.02. The van der Waals surface area contributed by atoms with Gasteiger partial charge in [0.1, 0.15) is 0 Å². The number of benzene rings is 1. The Morgan fingerprint density at radius 3 is 2.53 bits per heavy atom. The van der Waals surface area contributed by atoms with Crippen molar-refractivity contribution in [1.29, 1.82) is 0 Å². The van der Waals surface area contributed by atoms with E-state index in [9.17, 15) is 0 Å². The van der Waals surface area contributed by atoms with Gasteiger partial charge in [0, 0.05) is 6.54 Å². The van der Waals surface area contributed by atoms with Crippen LogP contribution in [-0.2, 0) is 6.54 Å². The van der Waals surface area contributed by atoms with Crippen molar-refractivity contribution in [3.8, 4) is 0 Å². The van der Waals surface area contributed by atoms with Gasteiger partial charge < -0.3 is 5.84 Å². The molecule has 1 aromatic rings. The van der Waals surface area contributed by atoms with Crippen LogP contribution in [0.15, 0.2) is 29.4 Å². The van der Waals surface area contributed by atoms with Crippen molar-refractivity contribution >= 4 is 6.21 Å². The summed E-state index contributed by atoms with van der Waals surface area (Å²) < 4.78 is 0. The molecule has 2 N–H and O–H groups in total. The largest absolute Gasteiger partial charge is 0.323 e. The monoisotopic (exact) mass is 231 g/mol. The molecule has 0 aliphatic carbocycles. The van der Waals surface area contributed by atoms with Crippen LogP contribution in [0.3, 0.4) is 0 Å². The first-order valence-corrected chi connectivity index (χ1v) is 6.43. The molecule has 1 aromatic carbocycles. The zero-order valence-electron chi connectivity index (χ0n) is 10.3. The van der Waals surface area contributed by atoms with E-state index in [1.807, 2.05) is 6.07 Å². The van der Waals surface area contributed by atoms with Crippen LogP contribution in [0.25, 0.3) is 0 Å². The van der Waals surface area contributed by atoms with E-state index in [4.69, 9.17) is 5.84 Å². The molecule has 0 spiro atoms. The average molecular weight is 231 g/mol. The van der Waals surface area contributed by atoms with Crippen LogP contribution in [-0.4, -0.2) is 24.2 Å². The lowest BCUT2D eigenvalue weighted by Gasteiger charge is -2.20. The number of hydrogen-bond acceptors (Lipinski definition) is 3. The van der Waals surface area contributed by atoms with E-state index >= 15 is 0 Å². The molecule has 0 unspecified atom stereocenters. The van der Waals surface area contributed by atoms with Crippen molar-refractivity contribution < 1.29 is 0 Å². The van der Waals surface area contributed by atoms with Crippen LogP contribution >= 0.6 is 0 Å². The predicted octanol–water partition coefficient (Wildman–Crippen LogP) is 2.36. The van der Waals surface area contributed by atoms with Gasteiger partial charge >= 0.3 is 0 Å². The normalized spacial score (nSPS) is 18.4. The van der Waals surface area contributed by atoms with Gasteiger partial charge in [-0.15, -0.1) is 0 Å². The molecule has 1 saturated heterocycles. The number of rotatable bonds is 3. The lowest BCUT2D eigenvalue weighted by Crippen LogP contribution is -2.24. The van der Waals surface area contributed by atoms with E-state index in [0.717, 1.165) is 12.1 Å². The van der Waals surface area contributed by atoms with Gasteiger partial charge in [0.25, 0.3) is 0 Å². The molecule has 0 saturated carbocycles. The number of likely N-dealkylation sites (tertiary alicyclic amines) is 1. The van der Waals surface area contributed by atoms with Gasteiger partial charge in [-0.05, 0) is 37.1 Å². The molecule has 0 bridgehead atoms. The van der Waals surface area contributed by atoms with Gasteiger partial charge in [-0.1, -0.05) is 37.1 Å². The van der Waals surface area contributed by atoms with Gasteiger partial charge in [-0.3, -0.25) is 4.90 Å². The van der Waals surface area contributed by atoms with Crippen LogP contribution in [0.2, 0.25) is 0 Å². The average Bonchev–Trinajstić information content (AvgIpc) is 2.61. The maximum absolute atomic E-state index is 5.24. The molecule has 0 amide bonds. The zero-order chi connectivity index (χ0) is 11.9. The second-order valence-electron chi connectivity index (χ2n) is 4.67. The summed E-state index contributed by atoms with van der Waals surface area (Å²) in [5, 5.41) is 3.63. The Morgan fingerprint density at radius 1 is 1.12 bits per heavy atom. The van der Waals surface area contributed by atoms with E-state index in [1.54, 1.807) is 6.21 Å². The van der Waals surface area contributed by atoms with Gasteiger partial charge in [-0.25, -0.2) is 0 Å². The summed E-state index contributed by atoms with van der Waals surface area (Å²) >= 11 is 0. The molecule has 3 heteroatoms. The van der Waals surface area contributed by atoms with Crippen LogP contribution < -0.4 is 5.84 Å². The lowest BCUT2D eigenvalue weighted by molar-refractivity contribution is 0.277. The summed E-state index contributed by atoms with van der Waals surface area (Å²) in [4.78, 5) is 2.54. The van der Waals surface area contributed by atoms with E-state index in [-0.39, 0.29) is 0 Å². The standard InChI is InChI=1S/C14H21N3/c15-16-11-13-7-3-4-8-14(13)12-17-9-5-1-2-6-10-17/h3-4,7-8,11H,1-2,5-6,9-10,12,15H2. The molecule has 92 valence electrons. The first-order chi connectivity index (χ1) is 8.40. The Labute approximate surface area is 103 Å². The fraction of sp³-hybridized carbons (Fsp3) is 0.500. The highest BCUT2D eigenvalue weighted by Crippen LogP contribution is 2.15. The molecule has 0 radical (unpaired) electrons. The van der Waals surface area contributed by atoms with Crippen molar-refractivity contribution in [2.75, 3.05) is 13.1 Å². The van der Waals surface area contributed by atoms with Crippen LogP contribution in [0.4, 0.5) is 0 Å². The molecule has 1 aliphatic heterocycles. The van der Waals surface area contributed by atoms with Crippen LogP contribution in [0.1, 0.15) is 36.8 Å². The van der Waals surface area contributed by atoms with Crippen molar-refractivity contribution in [2.45, 2.75) is 32.2 Å². The molecule has 2 rings (SSSR count). The maximum atomic E-state index is 5.24. The first kappa shape index (κ1) is 12.1. The molecule has 1 heterocycles. The lowest BCUT2D eigenvalue weighted by atomic mass is 10.1. The Morgan fingerprint density at radius 2 is 1.82 bits per heavy atom. The van der Waals surface area contributed by atoms with Crippen molar-refractivity contribution in [3.05, 3.63) is 35.4 Å². The predicted molar refractivity (Wildman–Crippen MR) is 72.0 cm³/mol. The summed E-state index contributed by atoms with van der Waals surface area (Å²) in [6, 6.07) is 8.36. The number of hydrogen-bond donors (Lipinski definition) is 1. The Kier molecular flexibility index (Phi) is 4.56. The summed E-state index contributed by atoms with van der Waals surface area (Å²) in [5.41, 5.74) is 2.46. The van der Waals surface area contributed by atoms with Crippen molar-refractivity contribution in [1.82, 2.24) is 4.90 Å². The SMILES string of the molecule is NN=Cc1ccccc1CN1CCCCCC1. The molecule has 1 fully saturated rings. The number of hydrazone groups is 1. The first-order valence-electron chi connectivity index (χ1n) is 6.43. The Hall–Kier alpha value is -1.35. The smallest absolute Gasteiger partial charge is 0.0541 e. The molecule has 0 atom stereocenters. The van der Waals surface area contributed by atoms with E-state index < -0.39 is 0 Å². The fourth-order valence-electron chi connectivity index (χ4n) is 2.42. The van der Waals surface area contributed by atoms with E-state index in [0.29, 0.717) is 0 Å². The van der Waals surface area contributed by atoms with Crippen LogP contribution in [0.5, 0.6) is 0 Å². The molecule has 17 heavy (non-hydrogen) atoms. The topological polar surface area (TPSA) is 41.6 Å². The molecule has 0 aromatic heterocycles. The van der Waals surface area contributed by atoms with E-state index in [1.165, 1.54) is 44.3 Å². The van der Waals surface area contributed by atoms with Gasteiger partial charge in [0.2, 0.25) is 0 Å². The quantitative estimate of drug-likeness (QED) is 0.493.